The summed E-state index contributed by atoms with van der Waals surface area (Å²) in [5.41, 5.74) is 0. The average molecular weight is 406 g/mol. The van der Waals surface area contributed by atoms with Crippen LogP contribution in [0.25, 0.3) is 0 Å². The van der Waals surface area contributed by atoms with Crippen molar-refractivity contribution < 1.29 is 9.53 Å². The van der Waals surface area contributed by atoms with E-state index in [-0.39, 0.29) is 31.0 Å². The Labute approximate surface area is 162 Å². The first-order valence-electron chi connectivity index (χ1n) is 7.61. The second kappa shape index (κ2) is 8.76. The fraction of sp³-hybridized carbons (Fsp3) is 0.375. The number of aryl methyl sites for hydroxylation is 1. The van der Waals surface area contributed by atoms with Crippen molar-refractivity contribution in [1.29, 1.82) is 0 Å². The van der Waals surface area contributed by atoms with E-state index in [2.05, 4.69) is 10.3 Å². The van der Waals surface area contributed by atoms with Crippen LogP contribution in [0.15, 0.2) is 30.6 Å². The molecule has 2 aromatic rings. The topological polar surface area (TPSA) is 59.4 Å². The molecular weight excluding hydrogens is 387 g/mol. The quantitative estimate of drug-likeness (QED) is 0.850. The van der Waals surface area contributed by atoms with Crippen molar-refractivity contribution in [2.24, 2.45) is 7.05 Å². The highest BCUT2D eigenvalue weighted by Crippen LogP contribution is 2.25. The molecule has 1 amide bonds. The number of carbonyl (C=O) groups is 1. The summed E-state index contributed by atoms with van der Waals surface area (Å²) in [6, 6.07) is 4.77. The van der Waals surface area contributed by atoms with Crippen LogP contribution in [0.4, 0.5) is 0 Å². The van der Waals surface area contributed by atoms with Gasteiger partial charge in [0, 0.05) is 49.1 Å². The zero-order valence-electron chi connectivity index (χ0n) is 13.6. The number of hydrogen-bond acceptors (Lipinski definition) is 4. The Morgan fingerprint density at radius 2 is 2.08 bits per heavy atom. The Bertz CT molecular complexity index is 718. The number of aromatic nitrogens is 2. The normalized spacial score (nSPS) is 17.1. The minimum atomic E-state index is -0.113. The number of amides is 1. The number of hydrogen-bond donors (Lipinski definition) is 1. The van der Waals surface area contributed by atoms with E-state index >= 15 is 0 Å². The lowest BCUT2D eigenvalue weighted by Gasteiger charge is -2.35. The molecule has 9 heteroatoms. The summed E-state index contributed by atoms with van der Waals surface area (Å²) >= 11 is 11.9. The minimum absolute atomic E-state index is 0. The maximum Gasteiger partial charge on any atom is 0.261 e. The summed E-state index contributed by atoms with van der Waals surface area (Å²) in [7, 11) is 1.92. The largest absolute Gasteiger partial charge is 0.484 e. The Balaban J connectivity index is 0.00000225. The Kier molecular flexibility index (Phi) is 6.95. The van der Waals surface area contributed by atoms with E-state index in [4.69, 9.17) is 27.9 Å². The van der Waals surface area contributed by atoms with Crippen LogP contribution in [0.3, 0.4) is 0 Å². The zero-order chi connectivity index (χ0) is 17.1. The summed E-state index contributed by atoms with van der Waals surface area (Å²) in [4.78, 5) is 18.8. The van der Waals surface area contributed by atoms with Crippen molar-refractivity contribution in [3.8, 4) is 5.75 Å². The summed E-state index contributed by atoms with van der Waals surface area (Å²) in [6.45, 7) is 1.95. The van der Waals surface area contributed by atoms with Crippen molar-refractivity contribution in [2.75, 3.05) is 26.2 Å². The summed E-state index contributed by atoms with van der Waals surface area (Å²) in [5, 5.41) is 4.24. The van der Waals surface area contributed by atoms with Gasteiger partial charge in [-0.3, -0.25) is 4.79 Å². The molecule has 1 aliphatic rings. The summed E-state index contributed by atoms with van der Waals surface area (Å²) < 4.78 is 7.50. The Morgan fingerprint density at radius 3 is 2.72 bits per heavy atom. The lowest BCUT2D eigenvalue weighted by atomic mass is 10.1. The second-order valence-electron chi connectivity index (χ2n) is 5.60. The molecule has 1 saturated heterocycles. The van der Waals surface area contributed by atoms with Crippen molar-refractivity contribution in [2.45, 2.75) is 6.04 Å². The van der Waals surface area contributed by atoms with Gasteiger partial charge < -0.3 is 19.5 Å². The monoisotopic (exact) mass is 404 g/mol. The van der Waals surface area contributed by atoms with Crippen LogP contribution in [-0.4, -0.2) is 46.6 Å². The lowest BCUT2D eigenvalue weighted by molar-refractivity contribution is -0.137. The number of piperazine rings is 1. The molecule has 0 bridgehead atoms. The number of nitrogens with zero attached hydrogens (tertiary/aromatic N) is 3. The third-order valence-corrected chi connectivity index (χ3v) is 4.36. The number of ether oxygens (including phenoxy) is 1. The molecule has 0 radical (unpaired) electrons. The molecule has 136 valence electrons. The van der Waals surface area contributed by atoms with Gasteiger partial charge in [-0.2, -0.15) is 0 Å². The van der Waals surface area contributed by atoms with Gasteiger partial charge in [0.25, 0.3) is 5.91 Å². The van der Waals surface area contributed by atoms with E-state index in [0.29, 0.717) is 28.9 Å². The molecule has 1 atom stereocenters. The van der Waals surface area contributed by atoms with Gasteiger partial charge in [-0.25, -0.2) is 4.98 Å². The van der Waals surface area contributed by atoms with Crippen LogP contribution < -0.4 is 10.1 Å². The van der Waals surface area contributed by atoms with E-state index in [1.807, 2.05) is 17.8 Å². The maximum atomic E-state index is 12.6. The van der Waals surface area contributed by atoms with Crippen LogP contribution in [0.2, 0.25) is 10.0 Å². The van der Waals surface area contributed by atoms with Crippen LogP contribution in [0, 0.1) is 0 Å². The molecule has 1 aromatic heterocycles. The molecule has 25 heavy (non-hydrogen) atoms. The highest BCUT2D eigenvalue weighted by atomic mass is 35.5. The molecule has 0 saturated carbocycles. The van der Waals surface area contributed by atoms with Crippen molar-refractivity contribution in [3.05, 3.63) is 46.5 Å². The van der Waals surface area contributed by atoms with Gasteiger partial charge in [0.2, 0.25) is 0 Å². The molecule has 0 spiro atoms. The smallest absolute Gasteiger partial charge is 0.261 e. The van der Waals surface area contributed by atoms with E-state index < -0.39 is 0 Å². The molecule has 0 aliphatic carbocycles. The van der Waals surface area contributed by atoms with Crippen LogP contribution >= 0.6 is 35.6 Å². The SMILES string of the molecule is Cl.Cn1ccnc1C1CNCCN1C(=O)COc1cc(Cl)cc(Cl)c1. The molecule has 1 aromatic carbocycles. The third kappa shape index (κ3) is 4.79. The van der Waals surface area contributed by atoms with E-state index in [1.54, 1.807) is 29.3 Å². The van der Waals surface area contributed by atoms with E-state index in [1.165, 1.54) is 0 Å². The number of rotatable bonds is 4. The standard InChI is InChI=1S/C16H18Cl2N4O2.ClH/c1-21-4-3-20-16(21)14-9-19-2-5-22(14)15(23)10-24-13-7-11(17)6-12(18)8-13;/h3-4,6-8,14,19H,2,5,9-10H2,1H3;1H. The van der Waals surface area contributed by atoms with Gasteiger partial charge in [0.15, 0.2) is 6.61 Å². The number of halogens is 3. The fourth-order valence-corrected chi connectivity index (χ4v) is 3.28. The van der Waals surface area contributed by atoms with Gasteiger partial charge in [0.1, 0.15) is 17.6 Å². The number of imidazole rings is 1. The van der Waals surface area contributed by atoms with E-state index in [9.17, 15) is 4.79 Å². The minimum Gasteiger partial charge on any atom is -0.484 e. The predicted octanol–water partition coefficient (Wildman–Crippen LogP) is 2.70. The first-order valence-corrected chi connectivity index (χ1v) is 8.36. The highest BCUT2D eigenvalue weighted by molar-refractivity contribution is 6.34. The van der Waals surface area contributed by atoms with Gasteiger partial charge in [-0.05, 0) is 18.2 Å². The second-order valence-corrected chi connectivity index (χ2v) is 6.47. The van der Waals surface area contributed by atoms with Crippen LogP contribution in [0.1, 0.15) is 11.9 Å². The van der Waals surface area contributed by atoms with Gasteiger partial charge >= 0.3 is 0 Å². The van der Waals surface area contributed by atoms with Crippen LogP contribution in [0.5, 0.6) is 5.75 Å². The summed E-state index contributed by atoms with van der Waals surface area (Å²) in [5.74, 6) is 1.23. The first-order chi connectivity index (χ1) is 11.5. The summed E-state index contributed by atoms with van der Waals surface area (Å²) in [6.07, 6.45) is 3.61. The highest BCUT2D eigenvalue weighted by Gasteiger charge is 2.30. The van der Waals surface area contributed by atoms with Gasteiger partial charge in [-0.1, -0.05) is 23.2 Å². The molecule has 1 N–H and O–H groups in total. The lowest BCUT2D eigenvalue weighted by Crippen LogP contribution is -2.50. The molecule has 3 rings (SSSR count). The van der Waals surface area contributed by atoms with Crippen molar-refractivity contribution in [3.63, 3.8) is 0 Å². The Morgan fingerprint density at radius 1 is 1.36 bits per heavy atom. The molecule has 2 heterocycles. The van der Waals surface area contributed by atoms with Gasteiger partial charge in [0.05, 0.1) is 0 Å². The Hall–Kier alpha value is -1.47. The third-order valence-electron chi connectivity index (χ3n) is 3.92. The predicted molar refractivity (Wildman–Crippen MR) is 99.7 cm³/mol. The zero-order valence-corrected chi connectivity index (χ0v) is 15.9. The van der Waals surface area contributed by atoms with E-state index in [0.717, 1.165) is 12.4 Å². The molecule has 1 fully saturated rings. The average Bonchev–Trinajstić information content (AvgIpc) is 2.97. The van der Waals surface area contributed by atoms with Crippen LogP contribution in [-0.2, 0) is 11.8 Å². The number of nitrogens with one attached hydrogen (secondary N) is 1. The number of benzene rings is 1. The fourth-order valence-electron chi connectivity index (χ4n) is 2.77. The van der Waals surface area contributed by atoms with Crippen molar-refractivity contribution >= 4 is 41.5 Å². The first kappa shape index (κ1) is 19.8. The van der Waals surface area contributed by atoms with Gasteiger partial charge in [-0.15, -0.1) is 12.4 Å². The van der Waals surface area contributed by atoms with Crippen molar-refractivity contribution in [1.82, 2.24) is 19.8 Å². The molecule has 1 unspecified atom stereocenters. The molecular formula is C16H19Cl3N4O2. The number of carbonyl (C=O) groups excluding carboxylic acids is 1. The maximum absolute atomic E-state index is 12.6. The molecule has 6 nitrogen and oxygen atoms in total. The molecule has 1 aliphatic heterocycles.